The summed E-state index contributed by atoms with van der Waals surface area (Å²) in [7, 11) is 0.362. The van der Waals surface area contributed by atoms with Crippen LogP contribution in [0.2, 0.25) is 0 Å². The Hall–Kier alpha value is -1.93. The summed E-state index contributed by atoms with van der Waals surface area (Å²) in [5.74, 6) is -0.619. The monoisotopic (exact) mass is 321 g/mol. The Morgan fingerprint density at radius 1 is 1.22 bits per heavy atom. The second-order valence-corrected chi connectivity index (χ2v) is 6.51. The minimum Gasteiger partial charge on any atom is -0.465 e. The van der Waals surface area contributed by atoms with Crippen molar-refractivity contribution in [1.82, 2.24) is 0 Å². The van der Waals surface area contributed by atoms with Gasteiger partial charge in [0.15, 0.2) is 0 Å². The number of benzene rings is 1. The zero-order valence-electron chi connectivity index (χ0n) is 14.1. The highest BCUT2D eigenvalue weighted by molar-refractivity contribution is 6.63. The van der Waals surface area contributed by atoms with Crippen LogP contribution in [0.1, 0.15) is 43.6 Å². The lowest BCUT2D eigenvalue weighted by Gasteiger charge is -2.32. The van der Waals surface area contributed by atoms with Crippen LogP contribution in [-0.4, -0.2) is 36.3 Å². The van der Waals surface area contributed by atoms with Crippen LogP contribution in [0.25, 0.3) is 0 Å². The van der Waals surface area contributed by atoms with Gasteiger partial charge in [-0.3, -0.25) is 10.1 Å². The Labute approximate surface area is 135 Å². The molecule has 0 N–H and O–H groups in total. The first kappa shape index (κ1) is 17.4. The molecule has 1 aliphatic heterocycles. The van der Waals surface area contributed by atoms with Crippen molar-refractivity contribution in [2.24, 2.45) is 0 Å². The molecule has 0 atom stereocenters. The number of carbonyl (C=O) groups is 1. The van der Waals surface area contributed by atoms with Crippen molar-refractivity contribution < 1.29 is 23.8 Å². The molecule has 1 aliphatic rings. The van der Waals surface area contributed by atoms with Gasteiger partial charge >= 0.3 is 13.1 Å². The topological polar surface area (TPSA) is 87.9 Å². The minimum absolute atomic E-state index is 0.152. The molecule has 1 saturated heterocycles. The summed E-state index contributed by atoms with van der Waals surface area (Å²) in [4.78, 5) is 22.7. The molecule has 1 fully saturated rings. The Bertz CT molecular complexity index is 654. The lowest BCUT2D eigenvalue weighted by atomic mass is 9.76. The van der Waals surface area contributed by atoms with Gasteiger partial charge in [0, 0.05) is 5.56 Å². The molecule has 8 heteroatoms. The number of nitro benzene ring substituents is 1. The number of methoxy groups -OCH3 is 1. The van der Waals surface area contributed by atoms with Crippen LogP contribution in [0.15, 0.2) is 12.1 Å². The van der Waals surface area contributed by atoms with Crippen LogP contribution in [0, 0.1) is 17.0 Å². The maximum absolute atomic E-state index is 11.7. The van der Waals surface area contributed by atoms with E-state index in [4.69, 9.17) is 9.31 Å². The first-order valence-electron chi connectivity index (χ1n) is 7.23. The van der Waals surface area contributed by atoms with Gasteiger partial charge in [0.1, 0.15) is 0 Å². The lowest BCUT2D eigenvalue weighted by Crippen LogP contribution is -2.41. The maximum Gasteiger partial charge on any atom is 0.501 e. The third-order valence-corrected chi connectivity index (χ3v) is 4.56. The molecule has 0 aliphatic carbocycles. The molecule has 0 bridgehead atoms. The van der Waals surface area contributed by atoms with Gasteiger partial charge in [-0.15, -0.1) is 0 Å². The molecule has 23 heavy (non-hydrogen) atoms. The predicted octanol–water partition coefficient (Wildman–Crippen LogP) is 1.99. The molecule has 0 radical (unpaired) electrons. The van der Waals surface area contributed by atoms with Gasteiger partial charge in [0.25, 0.3) is 5.69 Å². The normalized spacial score (nSPS) is 18.8. The number of hydrogen-bond donors (Lipinski definition) is 0. The number of ether oxygens (including phenoxy) is 1. The highest BCUT2D eigenvalue weighted by Gasteiger charge is 2.53. The molecule has 0 unspecified atom stereocenters. The van der Waals surface area contributed by atoms with E-state index in [2.05, 4.69) is 4.74 Å². The van der Waals surface area contributed by atoms with Gasteiger partial charge in [-0.2, -0.15) is 0 Å². The summed E-state index contributed by atoms with van der Waals surface area (Å²) in [5.41, 5.74) is -0.736. The Kier molecular flexibility index (Phi) is 4.25. The molecule has 7 nitrogen and oxygen atoms in total. The second-order valence-electron chi connectivity index (χ2n) is 6.51. The van der Waals surface area contributed by atoms with E-state index in [9.17, 15) is 14.9 Å². The van der Waals surface area contributed by atoms with E-state index in [1.54, 1.807) is 0 Å². The SMILES string of the molecule is COC(=O)c1ccc(B2OC(C)(C)C(C)(C)O2)c([N+](=O)[O-])c1C. The highest BCUT2D eigenvalue weighted by Crippen LogP contribution is 2.37. The van der Waals surface area contributed by atoms with Crippen LogP contribution >= 0.6 is 0 Å². The van der Waals surface area contributed by atoms with Gasteiger partial charge in [0.2, 0.25) is 0 Å². The van der Waals surface area contributed by atoms with Crippen molar-refractivity contribution in [2.75, 3.05) is 7.11 Å². The van der Waals surface area contributed by atoms with Crippen molar-refractivity contribution in [3.05, 3.63) is 33.4 Å². The molecular formula is C15H20BNO6. The predicted molar refractivity (Wildman–Crippen MR) is 84.9 cm³/mol. The number of carbonyl (C=O) groups excluding carboxylic acids is 1. The molecule has 0 amide bonds. The van der Waals surface area contributed by atoms with Crippen molar-refractivity contribution in [3.8, 4) is 0 Å². The van der Waals surface area contributed by atoms with E-state index in [-0.39, 0.29) is 16.8 Å². The van der Waals surface area contributed by atoms with E-state index in [1.165, 1.54) is 26.2 Å². The summed E-state index contributed by atoms with van der Waals surface area (Å²) in [5, 5.41) is 11.5. The summed E-state index contributed by atoms with van der Waals surface area (Å²) < 4.78 is 16.4. The smallest absolute Gasteiger partial charge is 0.465 e. The van der Waals surface area contributed by atoms with Crippen molar-refractivity contribution in [2.45, 2.75) is 45.8 Å². The molecule has 1 aromatic rings. The van der Waals surface area contributed by atoms with Gasteiger partial charge in [0.05, 0.1) is 34.3 Å². The van der Waals surface area contributed by atoms with Crippen LogP contribution in [0.5, 0.6) is 0 Å². The van der Waals surface area contributed by atoms with Crippen LogP contribution < -0.4 is 5.46 Å². The zero-order chi connectivity index (χ0) is 17.6. The van der Waals surface area contributed by atoms with E-state index < -0.39 is 29.2 Å². The molecule has 1 heterocycles. The average molecular weight is 321 g/mol. The third kappa shape index (κ3) is 2.84. The first-order valence-corrected chi connectivity index (χ1v) is 7.23. The molecule has 0 spiro atoms. The number of rotatable bonds is 3. The Morgan fingerprint density at radius 3 is 2.17 bits per heavy atom. The molecule has 0 saturated carbocycles. The highest BCUT2D eigenvalue weighted by atomic mass is 16.7. The van der Waals surface area contributed by atoms with Crippen molar-refractivity contribution in [1.29, 1.82) is 0 Å². The summed E-state index contributed by atoms with van der Waals surface area (Å²) in [6.07, 6.45) is 0. The average Bonchev–Trinajstić information content (AvgIpc) is 2.65. The van der Waals surface area contributed by atoms with Crippen molar-refractivity contribution in [3.63, 3.8) is 0 Å². The summed E-state index contributed by atoms with van der Waals surface area (Å²) in [6.45, 7) is 8.99. The number of nitro groups is 1. The molecule has 2 rings (SSSR count). The standard InChI is InChI=1S/C15H20BNO6/c1-9-10(13(18)21-6)7-8-11(12(9)17(19)20)16-22-14(2,3)15(4,5)23-16/h7-8H,1-6H3. The molecule has 0 aromatic heterocycles. The summed E-state index contributed by atoms with van der Waals surface area (Å²) >= 11 is 0. The molecular weight excluding hydrogens is 301 g/mol. The van der Waals surface area contributed by atoms with Gasteiger partial charge in [-0.25, -0.2) is 4.79 Å². The lowest BCUT2D eigenvalue weighted by molar-refractivity contribution is -0.384. The van der Waals surface area contributed by atoms with E-state index >= 15 is 0 Å². The fraction of sp³-hybridized carbons (Fsp3) is 0.533. The molecule has 1 aromatic carbocycles. The van der Waals surface area contributed by atoms with Crippen LogP contribution in [0.4, 0.5) is 5.69 Å². The number of nitrogens with zero attached hydrogens (tertiary/aromatic N) is 1. The number of esters is 1. The van der Waals surface area contributed by atoms with E-state index in [1.807, 2.05) is 27.7 Å². The van der Waals surface area contributed by atoms with Crippen molar-refractivity contribution >= 4 is 24.2 Å². The third-order valence-electron chi connectivity index (χ3n) is 4.56. The zero-order valence-corrected chi connectivity index (χ0v) is 14.1. The van der Waals surface area contributed by atoms with Crippen LogP contribution in [0.3, 0.4) is 0 Å². The summed E-state index contributed by atoms with van der Waals surface area (Å²) in [6, 6.07) is 2.98. The quantitative estimate of drug-likeness (QED) is 0.366. The minimum atomic E-state index is -0.870. The Balaban J connectivity index is 2.55. The Morgan fingerprint density at radius 2 is 1.74 bits per heavy atom. The largest absolute Gasteiger partial charge is 0.501 e. The van der Waals surface area contributed by atoms with E-state index in [0.717, 1.165) is 0 Å². The number of hydrogen-bond acceptors (Lipinski definition) is 6. The maximum atomic E-state index is 11.7. The molecule has 124 valence electrons. The van der Waals surface area contributed by atoms with Gasteiger partial charge in [-0.05, 0) is 40.7 Å². The fourth-order valence-corrected chi connectivity index (χ4v) is 2.45. The first-order chi connectivity index (χ1) is 10.5. The fourth-order valence-electron chi connectivity index (χ4n) is 2.45. The second kappa shape index (κ2) is 5.61. The van der Waals surface area contributed by atoms with Gasteiger partial charge in [-0.1, -0.05) is 6.07 Å². The van der Waals surface area contributed by atoms with E-state index in [0.29, 0.717) is 5.46 Å². The van der Waals surface area contributed by atoms with Gasteiger partial charge < -0.3 is 14.0 Å². The van der Waals surface area contributed by atoms with Crippen LogP contribution in [-0.2, 0) is 14.0 Å².